The fraction of sp³-hybridized carbons (Fsp3) is 1.00. The molecule has 0 aromatic heterocycles. The van der Waals surface area contributed by atoms with Crippen molar-refractivity contribution < 1.29 is 8.42 Å². The van der Waals surface area contributed by atoms with Crippen LogP contribution < -0.4 is 0 Å². The summed E-state index contributed by atoms with van der Waals surface area (Å²) < 4.78 is 23.7. The third-order valence-electron chi connectivity index (χ3n) is 4.18. The number of sulfone groups is 1. The smallest absolute Gasteiger partial charge is 0.150 e. The Balaban J connectivity index is 2.68. The molecule has 0 bridgehead atoms. The third kappa shape index (κ3) is 4.28. The van der Waals surface area contributed by atoms with Crippen LogP contribution in [0.4, 0.5) is 0 Å². The molecule has 0 aromatic rings. The van der Waals surface area contributed by atoms with Gasteiger partial charge < -0.3 is 0 Å². The Morgan fingerprint density at radius 3 is 2.11 bits per heavy atom. The second-order valence-corrected chi connectivity index (χ2v) is 8.35. The van der Waals surface area contributed by atoms with E-state index in [4.69, 9.17) is 23.2 Å². The number of rotatable bonds is 8. The molecule has 5 heteroatoms. The Morgan fingerprint density at radius 2 is 1.67 bits per heavy atom. The van der Waals surface area contributed by atoms with E-state index in [0.717, 1.165) is 12.8 Å². The van der Waals surface area contributed by atoms with Crippen molar-refractivity contribution >= 4 is 33.0 Å². The average molecular weight is 315 g/mol. The van der Waals surface area contributed by atoms with Crippen LogP contribution in [0.5, 0.6) is 0 Å². The molecular formula is C13H24Cl2O2S. The second-order valence-electron chi connectivity index (χ2n) is 5.51. The van der Waals surface area contributed by atoms with Gasteiger partial charge in [-0.3, -0.25) is 0 Å². The molecule has 0 saturated heterocycles. The minimum Gasteiger partial charge on any atom is -0.229 e. The van der Waals surface area contributed by atoms with Crippen LogP contribution in [0, 0.1) is 11.3 Å². The van der Waals surface area contributed by atoms with Gasteiger partial charge in [-0.15, -0.1) is 23.2 Å². The van der Waals surface area contributed by atoms with E-state index in [9.17, 15) is 8.42 Å². The number of hydrogen-bond acceptors (Lipinski definition) is 2. The van der Waals surface area contributed by atoms with Gasteiger partial charge in [0.25, 0.3) is 0 Å². The molecule has 1 fully saturated rings. The highest BCUT2D eigenvalue weighted by molar-refractivity contribution is 7.91. The summed E-state index contributed by atoms with van der Waals surface area (Å²) in [6, 6.07) is 0. The van der Waals surface area contributed by atoms with Crippen molar-refractivity contribution in [1.29, 1.82) is 0 Å². The molecule has 0 atom stereocenters. The van der Waals surface area contributed by atoms with Crippen LogP contribution in [-0.2, 0) is 9.84 Å². The van der Waals surface area contributed by atoms with Crippen LogP contribution >= 0.6 is 23.2 Å². The van der Waals surface area contributed by atoms with E-state index < -0.39 is 9.84 Å². The van der Waals surface area contributed by atoms with Gasteiger partial charge in [0.15, 0.2) is 0 Å². The Hall–Kier alpha value is 0.530. The normalized spacial score (nSPS) is 18.4. The first kappa shape index (κ1) is 16.6. The van der Waals surface area contributed by atoms with Crippen molar-refractivity contribution in [1.82, 2.24) is 0 Å². The molecule has 18 heavy (non-hydrogen) atoms. The summed E-state index contributed by atoms with van der Waals surface area (Å²) >= 11 is 12.3. The summed E-state index contributed by atoms with van der Waals surface area (Å²) in [4.78, 5) is 0. The van der Waals surface area contributed by atoms with E-state index >= 15 is 0 Å². The predicted octanol–water partition coefficient (Wildman–Crippen LogP) is 3.86. The molecule has 0 radical (unpaired) electrons. The Labute approximate surface area is 121 Å². The maximum absolute atomic E-state index is 11.8. The van der Waals surface area contributed by atoms with E-state index in [0.29, 0.717) is 30.5 Å². The maximum Gasteiger partial charge on any atom is 0.150 e. The van der Waals surface area contributed by atoms with Crippen LogP contribution in [0.1, 0.15) is 45.4 Å². The van der Waals surface area contributed by atoms with E-state index in [2.05, 4.69) is 0 Å². The summed E-state index contributed by atoms with van der Waals surface area (Å²) in [5.41, 5.74) is -0.180. The SMILES string of the molecule is CCCS(=O)(=O)CCC(CCl)(CCl)C1CCCC1. The standard InChI is InChI=1S/C13H24Cl2O2S/c1-2-8-18(16,17)9-7-13(10-14,11-15)12-5-3-4-6-12/h12H,2-11H2,1H3. The molecule has 1 rings (SSSR count). The van der Waals surface area contributed by atoms with Crippen LogP contribution in [0.2, 0.25) is 0 Å². The molecular weight excluding hydrogens is 291 g/mol. The van der Waals surface area contributed by atoms with Gasteiger partial charge in [0.2, 0.25) is 0 Å². The van der Waals surface area contributed by atoms with Crippen LogP contribution in [0.15, 0.2) is 0 Å². The van der Waals surface area contributed by atoms with Gasteiger partial charge >= 0.3 is 0 Å². The first-order valence-corrected chi connectivity index (χ1v) is 9.71. The first-order valence-electron chi connectivity index (χ1n) is 6.82. The second kappa shape index (κ2) is 7.35. The molecule has 0 heterocycles. The van der Waals surface area contributed by atoms with Gasteiger partial charge in [-0.2, -0.15) is 0 Å². The van der Waals surface area contributed by atoms with Crippen molar-refractivity contribution in [2.45, 2.75) is 45.4 Å². The molecule has 108 valence electrons. The summed E-state index contributed by atoms with van der Waals surface area (Å²) in [6.45, 7) is 1.89. The Bertz CT molecular complexity index is 331. The molecule has 1 aliphatic carbocycles. The summed E-state index contributed by atoms with van der Waals surface area (Å²) in [5, 5.41) is 0. The third-order valence-corrected chi connectivity index (χ3v) is 7.10. The highest BCUT2D eigenvalue weighted by Gasteiger charge is 2.39. The number of hydrogen-bond donors (Lipinski definition) is 0. The zero-order chi connectivity index (χ0) is 13.6. The molecule has 0 aromatic carbocycles. The van der Waals surface area contributed by atoms with Gasteiger partial charge in [-0.25, -0.2) is 8.42 Å². The quantitative estimate of drug-likeness (QED) is 0.638. The molecule has 2 nitrogen and oxygen atoms in total. The van der Waals surface area contributed by atoms with E-state index in [1.807, 2.05) is 6.92 Å². The predicted molar refractivity (Wildman–Crippen MR) is 79.4 cm³/mol. The minimum absolute atomic E-state index is 0.180. The van der Waals surface area contributed by atoms with Crippen molar-refractivity contribution in [3.05, 3.63) is 0 Å². The van der Waals surface area contributed by atoms with E-state index in [1.165, 1.54) is 12.8 Å². The molecule has 0 unspecified atom stereocenters. The fourth-order valence-corrected chi connectivity index (χ4v) is 5.43. The highest BCUT2D eigenvalue weighted by Crippen LogP contribution is 2.44. The number of alkyl halides is 2. The topological polar surface area (TPSA) is 34.1 Å². The average Bonchev–Trinajstić information content (AvgIpc) is 2.85. The van der Waals surface area contributed by atoms with Gasteiger partial charge in [0.1, 0.15) is 9.84 Å². The molecule has 0 N–H and O–H groups in total. The summed E-state index contributed by atoms with van der Waals surface area (Å²) in [6.07, 6.45) is 6.04. The summed E-state index contributed by atoms with van der Waals surface area (Å²) in [7, 11) is -2.93. The molecule has 1 aliphatic rings. The number of halogens is 2. The monoisotopic (exact) mass is 314 g/mol. The Kier molecular flexibility index (Phi) is 6.77. The van der Waals surface area contributed by atoms with Crippen molar-refractivity contribution in [2.75, 3.05) is 23.3 Å². The van der Waals surface area contributed by atoms with E-state index in [-0.39, 0.29) is 16.9 Å². The van der Waals surface area contributed by atoms with Gasteiger partial charge in [0.05, 0.1) is 5.75 Å². The molecule has 0 spiro atoms. The van der Waals surface area contributed by atoms with Crippen molar-refractivity contribution in [3.8, 4) is 0 Å². The molecule has 0 amide bonds. The van der Waals surface area contributed by atoms with Gasteiger partial charge in [-0.05, 0) is 31.6 Å². The zero-order valence-electron chi connectivity index (χ0n) is 11.1. The Morgan fingerprint density at radius 1 is 1.11 bits per heavy atom. The lowest BCUT2D eigenvalue weighted by atomic mass is 9.75. The minimum atomic E-state index is -2.93. The lowest BCUT2D eigenvalue weighted by Crippen LogP contribution is -2.35. The zero-order valence-corrected chi connectivity index (χ0v) is 13.5. The van der Waals surface area contributed by atoms with Crippen molar-refractivity contribution in [2.24, 2.45) is 11.3 Å². The lowest BCUT2D eigenvalue weighted by molar-refractivity contribution is 0.219. The lowest BCUT2D eigenvalue weighted by Gasteiger charge is -2.36. The first-order chi connectivity index (χ1) is 8.49. The van der Waals surface area contributed by atoms with Gasteiger partial charge in [0, 0.05) is 22.9 Å². The fourth-order valence-electron chi connectivity index (χ4n) is 2.90. The largest absolute Gasteiger partial charge is 0.229 e. The van der Waals surface area contributed by atoms with E-state index in [1.54, 1.807) is 0 Å². The van der Waals surface area contributed by atoms with Crippen LogP contribution in [0.3, 0.4) is 0 Å². The van der Waals surface area contributed by atoms with Crippen LogP contribution in [-0.4, -0.2) is 31.7 Å². The van der Waals surface area contributed by atoms with Crippen LogP contribution in [0.25, 0.3) is 0 Å². The van der Waals surface area contributed by atoms with Gasteiger partial charge in [-0.1, -0.05) is 19.8 Å². The summed E-state index contributed by atoms with van der Waals surface area (Å²) in [5.74, 6) is 1.96. The van der Waals surface area contributed by atoms with Crippen molar-refractivity contribution in [3.63, 3.8) is 0 Å². The highest BCUT2D eigenvalue weighted by atomic mass is 35.5. The molecule has 0 aliphatic heterocycles. The maximum atomic E-state index is 11.8. The molecule has 1 saturated carbocycles.